The summed E-state index contributed by atoms with van der Waals surface area (Å²) in [6.07, 6.45) is 0. The van der Waals surface area contributed by atoms with E-state index in [2.05, 4.69) is 219 Å². The van der Waals surface area contributed by atoms with Gasteiger partial charge < -0.3 is 14.4 Å². The number of anilines is 5. The van der Waals surface area contributed by atoms with Crippen LogP contribution < -0.4 is 25.4 Å². The second-order valence-electron chi connectivity index (χ2n) is 21.5. The summed E-state index contributed by atoms with van der Waals surface area (Å²) < 4.78 is 7.18. The van der Waals surface area contributed by atoms with Crippen LogP contribution in [0, 0.1) is 0 Å². The zero-order valence-electron chi connectivity index (χ0n) is 38.0. The Balaban J connectivity index is 1.28. The molecule has 308 valence electrons. The summed E-state index contributed by atoms with van der Waals surface area (Å²) in [6.45, 7) is 25.4. The van der Waals surface area contributed by atoms with Crippen molar-refractivity contribution in [3.63, 3.8) is 0 Å². The molecular weight excluding hydrogens is 772 g/mol. The Morgan fingerprint density at radius 2 is 1.18 bits per heavy atom. The summed E-state index contributed by atoms with van der Waals surface area (Å²) in [6, 6.07) is 51.1. The molecule has 4 aliphatic heterocycles. The number of rotatable bonds is 2. The van der Waals surface area contributed by atoms with Crippen molar-refractivity contribution in [2.75, 3.05) is 9.71 Å². The lowest BCUT2D eigenvalue weighted by Gasteiger charge is -2.49. The molecule has 0 spiro atoms. The number of ether oxygens (including phenoxy) is 1. The highest BCUT2D eigenvalue weighted by Crippen LogP contribution is 2.58. The van der Waals surface area contributed by atoms with Crippen LogP contribution in [0.5, 0.6) is 11.5 Å². The summed E-state index contributed by atoms with van der Waals surface area (Å²) >= 11 is 1.92. The van der Waals surface area contributed by atoms with Gasteiger partial charge in [0.25, 0.3) is 0 Å². The quantitative estimate of drug-likeness (QED) is 0.161. The minimum Gasteiger partial charge on any atom is -0.453 e. The molecule has 5 heteroatoms. The molecule has 0 radical (unpaired) electrons. The highest BCUT2D eigenvalue weighted by molar-refractivity contribution is 7.99. The molecule has 7 aromatic carbocycles. The van der Waals surface area contributed by atoms with Gasteiger partial charge in [0.15, 0.2) is 5.75 Å². The minimum atomic E-state index is -0.199. The summed E-state index contributed by atoms with van der Waals surface area (Å²) in [7, 11) is 0. The Hall–Kier alpha value is -5.65. The maximum atomic E-state index is 7.18. The molecule has 0 atom stereocenters. The van der Waals surface area contributed by atoms with Gasteiger partial charge in [-0.1, -0.05) is 155 Å². The molecule has 0 unspecified atom stereocenters. The van der Waals surface area contributed by atoms with Crippen LogP contribution in [-0.2, 0) is 21.7 Å². The lowest BCUT2D eigenvalue weighted by Crippen LogP contribution is -2.62. The summed E-state index contributed by atoms with van der Waals surface area (Å²) in [5.41, 5.74) is 19.7. The van der Waals surface area contributed by atoms with Crippen LogP contribution in [0.4, 0.5) is 28.4 Å². The first-order valence-corrected chi connectivity index (χ1v) is 23.1. The van der Waals surface area contributed by atoms with Crippen LogP contribution in [-0.4, -0.2) is 6.85 Å². The Bertz CT molecular complexity index is 3000. The van der Waals surface area contributed by atoms with Crippen LogP contribution in [0.3, 0.4) is 0 Å². The summed E-state index contributed by atoms with van der Waals surface area (Å²) in [5.74, 6) is 1.84. The fraction of sp³-hybridized carbons (Fsp3) is 0.263. The van der Waals surface area contributed by atoms with Crippen molar-refractivity contribution in [1.29, 1.82) is 0 Å². The molecule has 62 heavy (non-hydrogen) atoms. The standard InChI is InChI=1S/C57H55BN2OS/c1-54(2,3)36-21-24-39(25-22-36)59-46-32-43-51(62-50-20-16-15-19-42(50)57(43,10)11)33-44(46)58-52-40(27-35(28-47(52)59)34-17-13-12-14-18-34)41-29-38(56(7,8)9)31-49-53(41)60(58)45-26-23-37(55(4,5)6)30-48(45)61-49/h12-33H,1-11H3. The van der Waals surface area contributed by atoms with Crippen molar-refractivity contribution >= 4 is 58.0 Å². The number of fused-ring (bicyclic) bond motifs is 8. The first-order valence-electron chi connectivity index (χ1n) is 22.3. The predicted molar refractivity (Wildman–Crippen MR) is 264 cm³/mol. The maximum absolute atomic E-state index is 7.18. The Labute approximate surface area is 373 Å². The van der Waals surface area contributed by atoms with Gasteiger partial charge in [0, 0.05) is 37.8 Å². The average molecular weight is 827 g/mol. The maximum Gasteiger partial charge on any atom is 0.333 e. The average Bonchev–Trinajstić information content (AvgIpc) is 3.23. The van der Waals surface area contributed by atoms with Gasteiger partial charge in [0.05, 0.1) is 11.4 Å². The van der Waals surface area contributed by atoms with Crippen molar-refractivity contribution < 1.29 is 4.74 Å². The third-order valence-electron chi connectivity index (χ3n) is 13.9. The smallest absolute Gasteiger partial charge is 0.333 e. The fourth-order valence-corrected chi connectivity index (χ4v) is 11.7. The second-order valence-corrected chi connectivity index (χ2v) is 22.6. The van der Waals surface area contributed by atoms with E-state index in [0.29, 0.717) is 0 Å². The molecule has 0 aliphatic carbocycles. The second kappa shape index (κ2) is 13.2. The monoisotopic (exact) mass is 826 g/mol. The summed E-state index contributed by atoms with van der Waals surface area (Å²) in [5, 5.41) is 0. The van der Waals surface area contributed by atoms with Gasteiger partial charge in [-0.2, -0.15) is 0 Å². The van der Waals surface area contributed by atoms with Gasteiger partial charge in [0.1, 0.15) is 5.75 Å². The molecular formula is C57H55BN2OS. The molecule has 4 heterocycles. The van der Waals surface area contributed by atoms with Crippen molar-refractivity contribution in [2.24, 2.45) is 0 Å². The molecule has 0 saturated carbocycles. The highest BCUT2D eigenvalue weighted by Gasteiger charge is 2.50. The molecule has 0 fully saturated rings. The highest BCUT2D eigenvalue weighted by atomic mass is 32.2. The molecule has 0 saturated heterocycles. The lowest BCUT2D eigenvalue weighted by atomic mass is 9.43. The van der Waals surface area contributed by atoms with Crippen LogP contribution in [0.2, 0.25) is 0 Å². The third-order valence-corrected chi connectivity index (χ3v) is 15.1. The van der Waals surface area contributed by atoms with Crippen molar-refractivity contribution in [3.05, 3.63) is 161 Å². The van der Waals surface area contributed by atoms with Gasteiger partial charge in [-0.25, -0.2) is 0 Å². The van der Waals surface area contributed by atoms with Gasteiger partial charge in [-0.05, 0) is 138 Å². The fourth-order valence-electron chi connectivity index (χ4n) is 10.3. The van der Waals surface area contributed by atoms with Gasteiger partial charge >= 0.3 is 6.85 Å². The van der Waals surface area contributed by atoms with E-state index < -0.39 is 0 Å². The van der Waals surface area contributed by atoms with Crippen molar-refractivity contribution in [3.8, 4) is 33.8 Å². The molecule has 7 aromatic rings. The SMILES string of the molecule is CC(C)(C)c1ccc(N2c3cc4c(cc3B3c5c(cc(-c6ccccc6)cc52)-c2cc(C(C)(C)C)cc5c2N3c2ccc(C(C)(C)C)cc2O5)Sc2ccccc2C4(C)C)cc1. The molecule has 4 aliphatic rings. The van der Waals surface area contributed by atoms with Crippen molar-refractivity contribution in [2.45, 2.75) is 108 Å². The van der Waals surface area contributed by atoms with Crippen LogP contribution in [0.1, 0.15) is 104 Å². The summed E-state index contributed by atoms with van der Waals surface area (Å²) in [4.78, 5) is 7.90. The van der Waals surface area contributed by atoms with Crippen LogP contribution in [0.25, 0.3) is 22.3 Å². The molecule has 11 rings (SSSR count). The molecule has 0 amide bonds. The van der Waals surface area contributed by atoms with E-state index in [1.54, 1.807) is 0 Å². The normalized spacial score (nSPS) is 15.4. The number of hydrogen-bond donors (Lipinski definition) is 0. The van der Waals surface area contributed by atoms with E-state index in [1.165, 1.54) is 87.8 Å². The molecule has 0 aromatic heterocycles. The van der Waals surface area contributed by atoms with E-state index in [9.17, 15) is 0 Å². The Kier molecular flexibility index (Phi) is 8.34. The van der Waals surface area contributed by atoms with E-state index in [0.717, 1.165) is 22.9 Å². The third kappa shape index (κ3) is 5.87. The number of benzene rings is 7. The first kappa shape index (κ1) is 39.2. The van der Waals surface area contributed by atoms with E-state index in [4.69, 9.17) is 4.74 Å². The van der Waals surface area contributed by atoms with Crippen LogP contribution >= 0.6 is 11.8 Å². The van der Waals surface area contributed by atoms with E-state index in [1.807, 2.05) is 11.8 Å². The molecule has 0 bridgehead atoms. The number of hydrogen-bond acceptors (Lipinski definition) is 4. The first-order chi connectivity index (χ1) is 29.4. The Morgan fingerprint density at radius 1 is 0.516 bits per heavy atom. The molecule has 3 nitrogen and oxygen atoms in total. The van der Waals surface area contributed by atoms with Gasteiger partial charge in [0.2, 0.25) is 0 Å². The van der Waals surface area contributed by atoms with Crippen LogP contribution in [0.15, 0.2) is 143 Å². The lowest BCUT2D eigenvalue weighted by molar-refractivity contribution is 0.470. The zero-order valence-corrected chi connectivity index (χ0v) is 38.8. The number of nitrogens with zero attached hydrogens (tertiary/aromatic N) is 2. The van der Waals surface area contributed by atoms with Gasteiger partial charge in [-0.15, -0.1) is 0 Å². The minimum absolute atomic E-state index is 0.0340. The van der Waals surface area contributed by atoms with E-state index in [-0.39, 0.29) is 28.5 Å². The molecule has 0 N–H and O–H groups in total. The van der Waals surface area contributed by atoms with Gasteiger partial charge in [-0.3, -0.25) is 0 Å². The Morgan fingerprint density at radius 3 is 1.89 bits per heavy atom. The predicted octanol–water partition coefficient (Wildman–Crippen LogP) is 14.8. The zero-order chi connectivity index (χ0) is 43.2. The topological polar surface area (TPSA) is 15.7 Å². The van der Waals surface area contributed by atoms with Crippen molar-refractivity contribution in [1.82, 2.24) is 0 Å². The largest absolute Gasteiger partial charge is 0.453 e. The van der Waals surface area contributed by atoms with E-state index >= 15 is 0 Å².